The van der Waals surface area contributed by atoms with Crippen molar-refractivity contribution in [3.8, 4) is 0 Å². The second-order valence-corrected chi connectivity index (χ2v) is 7.18. The van der Waals surface area contributed by atoms with E-state index >= 15 is 0 Å². The minimum absolute atomic E-state index is 0.0192. The van der Waals surface area contributed by atoms with Crippen LogP contribution in [-0.4, -0.2) is 52.9 Å². The lowest BCUT2D eigenvalue weighted by atomic mass is 10.2. The molecule has 0 saturated heterocycles. The van der Waals surface area contributed by atoms with Crippen molar-refractivity contribution in [2.75, 3.05) is 23.4 Å². The molecule has 1 aromatic carbocycles. The first kappa shape index (κ1) is 22.0. The molecule has 0 aliphatic carbocycles. The fourth-order valence-corrected chi connectivity index (χ4v) is 3.00. The first-order valence-corrected chi connectivity index (χ1v) is 9.46. The molecule has 8 heteroatoms. The van der Waals surface area contributed by atoms with Crippen molar-refractivity contribution in [1.82, 2.24) is 4.90 Å². The van der Waals surface area contributed by atoms with Crippen molar-refractivity contribution >= 4 is 35.2 Å². The number of anilines is 1. The lowest BCUT2D eigenvalue weighted by Gasteiger charge is -2.30. The Kier molecular flexibility index (Phi) is 9.12. The zero-order valence-corrected chi connectivity index (χ0v) is 16.3. The molecular formula is C18H25FN2O4S. The fraction of sp³-hybridized carbons (Fsp3) is 0.500. The van der Waals surface area contributed by atoms with Crippen molar-refractivity contribution in [2.45, 2.75) is 39.8 Å². The van der Waals surface area contributed by atoms with E-state index in [1.165, 1.54) is 24.3 Å². The molecule has 0 bridgehead atoms. The van der Waals surface area contributed by atoms with Gasteiger partial charge < -0.3 is 15.0 Å². The number of halogens is 1. The number of amides is 2. The summed E-state index contributed by atoms with van der Waals surface area (Å²) in [5, 5.41) is 2.59. The second kappa shape index (κ2) is 10.8. The minimum Gasteiger partial charge on any atom is -0.455 e. The Morgan fingerprint density at radius 2 is 1.65 bits per heavy atom. The van der Waals surface area contributed by atoms with E-state index in [0.29, 0.717) is 5.69 Å². The van der Waals surface area contributed by atoms with Crippen molar-refractivity contribution in [3.63, 3.8) is 0 Å². The molecule has 0 spiro atoms. The first-order chi connectivity index (χ1) is 12.2. The molecule has 1 N–H and O–H groups in total. The molecule has 0 atom stereocenters. The van der Waals surface area contributed by atoms with Crippen LogP contribution >= 0.6 is 11.8 Å². The summed E-state index contributed by atoms with van der Waals surface area (Å²) in [4.78, 5) is 37.2. The standard InChI is InChI=1S/C18H25FN2O4S/c1-12(2)21(13(3)4)17(23)9-25-18(24)11-26-10-16(22)20-15-7-5-14(19)6-8-15/h5-8,12-13H,9-11H2,1-4H3,(H,20,22). The third kappa shape index (κ3) is 7.86. The van der Waals surface area contributed by atoms with Gasteiger partial charge in [0.25, 0.3) is 5.91 Å². The Bertz CT molecular complexity index is 612. The molecule has 0 heterocycles. The van der Waals surface area contributed by atoms with E-state index in [1.54, 1.807) is 4.90 Å². The number of carbonyl (C=O) groups excluding carboxylic acids is 3. The number of nitrogens with one attached hydrogen (secondary N) is 1. The van der Waals surface area contributed by atoms with E-state index in [9.17, 15) is 18.8 Å². The number of thioether (sulfide) groups is 1. The Balaban J connectivity index is 2.28. The van der Waals surface area contributed by atoms with Gasteiger partial charge in [-0.25, -0.2) is 4.39 Å². The van der Waals surface area contributed by atoms with Crippen molar-refractivity contribution < 1.29 is 23.5 Å². The van der Waals surface area contributed by atoms with Crippen LogP contribution in [0.1, 0.15) is 27.7 Å². The largest absolute Gasteiger partial charge is 0.455 e. The molecule has 0 fully saturated rings. The van der Waals surface area contributed by atoms with Crippen LogP contribution in [0, 0.1) is 5.82 Å². The smallest absolute Gasteiger partial charge is 0.316 e. The van der Waals surface area contributed by atoms with E-state index in [1.807, 2.05) is 27.7 Å². The molecule has 2 amide bonds. The summed E-state index contributed by atoms with van der Waals surface area (Å²) < 4.78 is 17.8. The Morgan fingerprint density at radius 1 is 1.08 bits per heavy atom. The van der Waals surface area contributed by atoms with E-state index in [-0.39, 0.29) is 47.8 Å². The molecule has 6 nitrogen and oxygen atoms in total. The number of benzene rings is 1. The molecule has 1 rings (SSSR count). The van der Waals surface area contributed by atoms with Gasteiger partial charge in [-0.2, -0.15) is 0 Å². The fourth-order valence-electron chi connectivity index (χ4n) is 2.39. The quantitative estimate of drug-likeness (QED) is 0.663. The number of esters is 1. The summed E-state index contributed by atoms with van der Waals surface area (Å²) in [5.74, 6) is -1.48. The van der Waals surface area contributed by atoms with Crippen LogP contribution in [0.3, 0.4) is 0 Å². The van der Waals surface area contributed by atoms with Gasteiger partial charge in [0.05, 0.1) is 11.5 Å². The molecule has 26 heavy (non-hydrogen) atoms. The maximum absolute atomic E-state index is 12.8. The zero-order valence-electron chi connectivity index (χ0n) is 15.5. The number of hydrogen-bond acceptors (Lipinski definition) is 5. The van der Waals surface area contributed by atoms with Crippen LogP contribution in [0.15, 0.2) is 24.3 Å². The minimum atomic E-state index is -0.551. The molecule has 0 aromatic heterocycles. The number of hydrogen-bond donors (Lipinski definition) is 1. The van der Waals surface area contributed by atoms with Gasteiger partial charge in [-0.3, -0.25) is 14.4 Å². The van der Waals surface area contributed by atoms with Crippen LogP contribution < -0.4 is 5.32 Å². The monoisotopic (exact) mass is 384 g/mol. The van der Waals surface area contributed by atoms with Gasteiger partial charge in [-0.15, -0.1) is 11.8 Å². The van der Waals surface area contributed by atoms with Crippen molar-refractivity contribution in [1.29, 1.82) is 0 Å². The molecule has 0 radical (unpaired) electrons. The van der Waals surface area contributed by atoms with E-state index in [4.69, 9.17) is 4.74 Å². The van der Waals surface area contributed by atoms with Gasteiger partial charge in [0.1, 0.15) is 5.82 Å². The summed E-state index contributed by atoms with van der Waals surface area (Å²) in [5.41, 5.74) is 0.479. The molecule has 1 aromatic rings. The molecule has 0 unspecified atom stereocenters. The highest BCUT2D eigenvalue weighted by Crippen LogP contribution is 2.10. The molecular weight excluding hydrogens is 359 g/mol. The number of carbonyl (C=O) groups is 3. The average Bonchev–Trinajstić information content (AvgIpc) is 2.54. The Hall–Kier alpha value is -2.09. The first-order valence-electron chi connectivity index (χ1n) is 8.30. The predicted octanol–water partition coefficient (Wildman–Crippen LogP) is 2.69. The van der Waals surface area contributed by atoms with E-state index < -0.39 is 5.97 Å². The highest BCUT2D eigenvalue weighted by Gasteiger charge is 2.21. The second-order valence-electron chi connectivity index (χ2n) is 6.20. The summed E-state index contributed by atoms with van der Waals surface area (Å²) in [6.45, 7) is 7.28. The number of ether oxygens (including phenoxy) is 1. The average molecular weight is 384 g/mol. The Labute approximate surface area is 157 Å². The van der Waals surface area contributed by atoms with E-state index in [2.05, 4.69) is 5.32 Å². The predicted molar refractivity (Wildman–Crippen MR) is 100 cm³/mol. The topological polar surface area (TPSA) is 75.7 Å². The van der Waals surface area contributed by atoms with Gasteiger partial charge in [0.2, 0.25) is 5.91 Å². The van der Waals surface area contributed by atoms with Crippen molar-refractivity contribution in [2.24, 2.45) is 0 Å². The SMILES string of the molecule is CC(C)N(C(=O)COC(=O)CSCC(=O)Nc1ccc(F)cc1)C(C)C. The summed E-state index contributed by atoms with van der Waals surface area (Å²) >= 11 is 1.08. The van der Waals surface area contributed by atoms with Gasteiger partial charge in [0, 0.05) is 17.8 Å². The van der Waals surface area contributed by atoms with Gasteiger partial charge in [-0.1, -0.05) is 0 Å². The van der Waals surface area contributed by atoms with Gasteiger partial charge >= 0.3 is 5.97 Å². The summed E-state index contributed by atoms with van der Waals surface area (Å²) in [7, 11) is 0. The maximum atomic E-state index is 12.8. The van der Waals surface area contributed by atoms with E-state index in [0.717, 1.165) is 11.8 Å². The summed E-state index contributed by atoms with van der Waals surface area (Å²) in [6.07, 6.45) is 0. The zero-order chi connectivity index (χ0) is 19.7. The summed E-state index contributed by atoms with van der Waals surface area (Å²) in [6, 6.07) is 5.43. The van der Waals surface area contributed by atoms with Gasteiger partial charge in [-0.05, 0) is 52.0 Å². The molecule has 0 aliphatic rings. The van der Waals surface area contributed by atoms with Crippen LogP contribution in [0.4, 0.5) is 10.1 Å². The highest BCUT2D eigenvalue weighted by atomic mass is 32.2. The number of rotatable bonds is 9. The van der Waals surface area contributed by atoms with Crippen LogP contribution in [-0.2, 0) is 19.1 Å². The normalized spacial score (nSPS) is 10.7. The van der Waals surface area contributed by atoms with Crippen LogP contribution in [0.25, 0.3) is 0 Å². The lowest BCUT2D eigenvalue weighted by Crippen LogP contribution is -2.44. The number of nitrogens with zero attached hydrogens (tertiary/aromatic N) is 1. The molecule has 0 saturated carbocycles. The maximum Gasteiger partial charge on any atom is 0.316 e. The Morgan fingerprint density at radius 3 is 2.19 bits per heavy atom. The highest BCUT2D eigenvalue weighted by molar-refractivity contribution is 8.00. The third-order valence-electron chi connectivity index (χ3n) is 3.34. The van der Waals surface area contributed by atoms with Crippen molar-refractivity contribution in [3.05, 3.63) is 30.1 Å². The van der Waals surface area contributed by atoms with Crippen LogP contribution in [0.5, 0.6) is 0 Å². The molecule has 144 valence electrons. The van der Waals surface area contributed by atoms with Crippen LogP contribution in [0.2, 0.25) is 0 Å². The third-order valence-corrected chi connectivity index (χ3v) is 4.24. The molecule has 0 aliphatic heterocycles. The van der Waals surface area contributed by atoms with Gasteiger partial charge in [0.15, 0.2) is 6.61 Å². The lowest BCUT2D eigenvalue weighted by molar-refractivity contribution is -0.151.